The zero-order valence-electron chi connectivity index (χ0n) is 14.7. The predicted molar refractivity (Wildman–Crippen MR) is 103 cm³/mol. The quantitative estimate of drug-likeness (QED) is 0.585. The van der Waals surface area contributed by atoms with Crippen LogP contribution in [0.2, 0.25) is 0 Å². The highest BCUT2D eigenvalue weighted by atomic mass is 32.2. The Bertz CT molecular complexity index is 1090. The second-order valence-corrected chi connectivity index (χ2v) is 7.62. The standard InChI is InChI=1S/C19H18N4O4S/c20-19(25)21-13-14-6-8-17(9-7-14)28(26,27)22-18(24)15-4-3-5-16(12-15)23-10-1-2-11-23/h1-12H,13H2,(H,22,24)(H3,20,21,25). The van der Waals surface area contributed by atoms with E-state index >= 15 is 0 Å². The molecular formula is C19H18N4O4S. The second-order valence-electron chi connectivity index (χ2n) is 5.94. The summed E-state index contributed by atoms with van der Waals surface area (Å²) >= 11 is 0. The van der Waals surface area contributed by atoms with Gasteiger partial charge >= 0.3 is 6.03 Å². The lowest BCUT2D eigenvalue weighted by atomic mass is 10.2. The van der Waals surface area contributed by atoms with Gasteiger partial charge in [-0.15, -0.1) is 0 Å². The Morgan fingerprint density at radius 2 is 1.64 bits per heavy atom. The molecule has 0 saturated heterocycles. The van der Waals surface area contributed by atoms with E-state index in [0.29, 0.717) is 5.56 Å². The Morgan fingerprint density at radius 1 is 0.964 bits per heavy atom. The van der Waals surface area contributed by atoms with Crippen LogP contribution in [-0.2, 0) is 16.6 Å². The first-order chi connectivity index (χ1) is 13.3. The monoisotopic (exact) mass is 398 g/mol. The molecule has 2 aromatic carbocycles. The van der Waals surface area contributed by atoms with E-state index in [1.807, 2.05) is 35.2 Å². The fourth-order valence-electron chi connectivity index (χ4n) is 2.53. The zero-order chi connectivity index (χ0) is 20.1. The van der Waals surface area contributed by atoms with Crippen LogP contribution in [0.4, 0.5) is 4.79 Å². The first kappa shape index (κ1) is 19.2. The third-order valence-electron chi connectivity index (χ3n) is 3.94. The molecule has 0 saturated carbocycles. The molecule has 0 atom stereocenters. The molecule has 0 spiro atoms. The van der Waals surface area contributed by atoms with Crippen molar-refractivity contribution >= 4 is 22.0 Å². The van der Waals surface area contributed by atoms with Gasteiger partial charge in [0.1, 0.15) is 0 Å². The molecule has 3 aromatic rings. The number of hydrogen-bond acceptors (Lipinski definition) is 4. The fourth-order valence-corrected chi connectivity index (χ4v) is 3.50. The van der Waals surface area contributed by atoms with Gasteiger partial charge in [-0.1, -0.05) is 18.2 Å². The van der Waals surface area contributed by atoms with E-state index in [9.17, 15) is 18.0 Å². The average Bonchev–Trinajstić information content (AvgIpc) is 3.21. The van der Waals surface area contributed by atoms with Crippen LogP contribution in [0, 0.1) is 0 Å². The van der Waals surface area contributed by atoms with Crippen LogP contribution in [-0.4, -0.2) is 24.9 Å². The normalized spacial score (nSPS) is 11.0. The SMILES string of the molecule is NC(=O)NCc1ccc(S(=O)(=O)NC(=O)c2cccc(-n3cccc3)c2)cc1. The van der Waals surface area contributed by atoms with Gasteiger partial charge in [0.05, 0.1) is 4.90 Å². The molecule has 0 fully saturated rings. The molecule has 9 heteroatoms. The van der Waals surface area contributed by atoms with E-state index in [0.717, 1.165) is 5.69 Å². The zero-order valence-corrected chi connectivity index (χ0v) is 15.5. The Morgan fingerprint density at radius 3 is 2.29 bits per heavy atom. The van der Waals surface area contributed by atoms with E-state index in [2.05, 4.69) is 10.0 Å². The molecule has 4 N–H and O–H groups in total. The highest BCUT2D eigenvalue weighted by molar-refractivity contribution is 7.90. The van der Waals surface area contributed by atoms with Crippen LogP contribution < -0.4 is 15.8 Å². The van der Waals surface area contributed by atoms with Gasteiger partial charge in [0, 0.05) is 30.2 Å². The number of urea groups is 1. The summed E-state index contributed by atoms with van der Waals surface area (Å²) in [6.45, 7) is 0.175. The molecule has 1 heterocycles. The van der Waals surface area contributed by atoms with Crippen LogP contribution in [0.3, 0.4) is 0 Å². The first-order valence-electron chi connectivity index (χ1n) is 8.28. The number of benzene rings is 2. The minimum atomic E-state index is -4.04. The lowest BCUT2D eigenvalue weighted by Crippen LogP contribution is -2.31. The van der Waals surface area contributed by atoms with Gasteiger partial charge in [0.2, 0.25) is 0 Å². The summed E-state index contributed by atoms with van der Waals surface area (Å²) in [5, 5.41) is 2.41. The topological polar surface area (TPSA) is 123 Å². The van der Waals surface area contributed by atoms with Crippen molar-refractivity contribution < 1.29 is 18.0 Å². The molecule has 0 bridgehead atoms. The van der Waals surface area contributed by atoms with Crippen molar-refractivity contribution in [1.29, 1.82) is 0 Å². The molecule has 1 aromatic heterocycles. The maximum absolute atomic E-state index is 12.5. The number of sulfonamides is 1. The molecule has 0 aliphatic rings. The molecule has 0 aliphatic carbocycles. The summed E-state index contributed by atoms with van der Waals surface area (Å²) in [4.78, 5) is 23.1. The summed E-state index contributed by atoms with van der Waals surface area (Å²) in [6.07, 6.45) is 3.64. The summed E-state index contributed by atoms with van der Waals surface area (Å²) < 4.78 is 28.8. The molecule has 8 nitrogen and oxygen atoms in total. The van der Waals surface area contributed by atoms with Crippen molar-refractivity contribution in [2.45, 2.75) is 11.4 Å². The van der Waals surface area contributed by atoms with Crippen LogP contribution in [0.1, 0.15) is 15.9 Å². The Labute approximate surface area is 162 Å². The number of nitrogens with zero attached hydrogens (tertiary/aromatic N) is 1. The largest absolute Gasteiger partial charge is 0.352 e. The second kappa shape index (κ2) is 7.97. The van der Waals surface area contributed by atoms with Gasteiger partial charge in [-0.2, -0.15) is 0 Å². The summed E-state index contributed by atoms with van der Waals surface area (Å²) in [5.74, 6) is -0.728. The molecule has 3 amide bonds. The first-order valence-corrected chi connectivity index (χ1v) is 9.76. The van der Waals surface area contributed by atoms with Crippen molar-refractivity contribution in [3.8, 4) is 5.69 Å². The third-order valence-corrected chi connectivity index (χ3v) is 5.29. The Kier molecular flexibility index (Phi) is 5.46. The van der Waals surface area contributed by atoms with Crippen molar-refractivity contribution in [3.63, 3.8) is 0 Å². The smallest absolute Gasteiger partial charge is 0.312 e. The van der Waals surface area contributed by atoms with Crippen LogP contribution >= 0.6 is 0 Å². The number of primary amides is 1. The van der Waals surface area contributed by atoms with E-state index in [1.165, 1.54) is 30.3 Å². The average molecular weight is 398 g/mol. The van der Waals surface area contributed by atoms with Gasteiger partial charge in [0.15, 0.2) is 0 Å². The van der Waals surface area contributed by atoms with Crippen LogP contribution in [0.25, 0.3) is 5.69 Å². The summed E-state index contributed by atoms with van der Waals surface area (Å²) in [7, 11) is -4.04. The third kappa shape index (κ3) is 4.57. The minimum Gasteiger partial charge on any atom is -0.352 e. The maximum Gasteiger partial charge on any atom is 0.312 e. The Balaban J connectivity index is 1.74. The van der Waals surface area contributed by atoms with Gasteiger partial charge in [-0.25, -0.2) is 17.9 Å². The van der Waals surface area contributed by atoms with Gasteiger partial charge in [0.25, 0.3) is 15.9 Å². The fraction of sp³-hybridized carbons (Fsp3) is 0.0526. The molecule has 0 unspecified atom stereocenters. The maximum atomic E-state index is 12.5. The molecule has 0 aliphatic heterocycles. The van der Waals surface area contributed by atoms with Crippen molar-refractivity contribution in [1.82, 2.24) is 14.6 Å². The van der Waals surface area contributed by atoms with Crippen molar-refractivity contribution in [2.24, 2.45) is 5.73 Å². The van der Waals surface area contributed by atoms with Gasteiger partial charge in [-0.3, -0.25) is 4.79 Å². The molecular weight excluding hydrogens is 380 g/mol. The highest BCUT2D eigenvalue weighted by Gasteiger charge is 2.19. The molecule has 0 radical (unpaired) electrons. The van der Waals surface area contributed by atoms with E-state index in [4.69, 9.17) is 5.73 Å². The predicted octanol–water partition coefficient (Wildman–Crippen LogP) is 1.76. The van der Waals surface area contributed by atoms with E-state index < -0.39 is 22.0 Å². The van der Waals surface area contributed by atoms with Crippen LogP contribution in [0.5, 0.6) is 0 Å². The van der Waals surface area contributed by atoms with E-state index in [1.54, 1.807) is 12.1 Å². The number of hydrogen-bond donors (Lipinski definition) is 3. The highest BCUT2D eigenvalue weighted by Crippen LogP contribution is 2.14. The minimum absolute atomic E-state index is 0.0646. The molecule has 28 heavy (non-hydrogen) atoms. The molecule has 3 rings (SSSR count). The number of carbonyl (C=O) groups is 2. The molecule has 144 valence electrons. The summed E-state index contributed by atoms with van der Waals surface area (Å²) in [5.41, 5.74) is 6.62. The lowest BCUT2D eigenvalue weighted by Gasteiger charge is -2.09. The number of nitrogens with one attached hydrogen (secondary N) is 2. The lowest BCUT2D eigenvalue weighted by molar-refractivity contribution is 0.0981. The number of rotatable bonds is 6. The van der Waals surface area contributed by atoms with Gasteiger partial charge < -0.3 is 15.6 Å². The Hall–Kier alpha value is -3.59. The number of aromatic nitrogens is 1. The number of carbonyl (C=O) groups excluding carboxylic acids is 2. The number of amides is 3. The summed E-state index contributed by atoms with van der Waals surface area (Å²) in [6, 6.07) is 15.4. The van der Waals surface area contributed by atoms with E-state index in [-0.39, 0.29) is 17.0 Å². The van der Waals surface area contributed by atoms with Crippen LogP contribution in [0.15, 0.2) is 78.0 Å². The number of nitrogens with two attached hydrogens (primary N) is 1. The van der Waals surface area contributed by atoms with Crippen molar-refractivity contribution in [2.75, 3.05) is 0 Å². The van der Waals surface area contributed by atoms with Crippen molar-refractivity contribution in [3.05, 3.63) is 84.2 Å². The van der Waals surface area contributed by atoms with Gasteiger partial charge in [-0.05, 0) is 48.0 Å².